The molecule has 0 unspecified atom stereocenters. The molecule has 3 aromatic rings. The molecular formula is C18H16FN3O4S. The van der Waals surface area contributed by atoms with E-state index in [4.69, 9.17) is 4.42 Å². The second-order valence-corrected chi connectivity index (χ2v) is 6.57. The largest absolute Gasteiger partial charge is 0.419 e. The minimum absolute atomic E-state index is 0.0236. The molecule has 27 heavy (non-hydrogen) atoms. The maximum atomic E-state index is 13.5. The number of benzene rings is 2. The van der Waals surface area contributed by atoms with Gasteiger partial charge in [-0.15, -0.1) is 11.8 Å². The van der Waals surface area contributed by atoms with Crippen LogP contribution in [0.25, 0.3) is 11.1 Å². The smallest absolute Gasteiger partial charge is 0.408 e. The van der Waals surface area contributed by atoms with Crippen LogP contribution in [0.4, 0.5) is 4.39 Å². The van der Waals surface area contributed by atoms with Gasteiger partial charge in [0, 0.05) is 17.9 Å². The number of hydrogen-bond donors (Lipinski definition) is 2. The summed E-state index contributed by atoms with van der Waals surface area (Å²) < 4.78 is 19.9. The van der Waals surface area contributed by atoms with Crippen LogP contribution in [0.1, 0.15) is 6.42 Å². The van der Waals surface area contributed by atoms with Gasteiger partial charge in [0.25, 0.3) is 0 Å². The first kappa shape index (κ1) is 18.7. The Kier molecular flexibility index (Phi) is 5.92. The Morgan fingerprint density at radius 3 is 2.56 bits per heavy atom. The second-order valence-electron chi connectivity index (χ2n) is 5.55. The fraction of sp³-hybridized carbons (Fsp3) is 0.167. The molecule has 0 aliphatic rings. The highest BCUT2D eigenvalue weighted by Crippen LogP contribution is 2.20. The van der Waals surface area contributed by atoms with Gasteiger partial charge in [-0.25, -0.2) is 9.18 Å². The number of hydrogen-bond acceptors (Lipinski definition) is 5. The standard InChI is InChI=1S/C18H16FN3O4S/c19-12-5-1-4-8-15(12)27-11-17(24)21-20-16(23)9-10-22-13-6-2-3-7-14(13)26-18(22)25/h1-8H,9-11H2,(H,20,23)(H,21,24). The number of hydrazine groups is 1. The summed E-state index contributed by atoms with van der Waals surface area (Å²) in [4.78, 5) is 35.8. The van der Waals surface area contributed by atoms with E-state index in [2.05, 4.69) is 10.9 Å². The third-order valence-corrected chi connectivity index (χ3v) is 4.72. The van der Waals surface area contributed by atoms with Crippen molar-refractivity contribution in [2.75, 3.05) is 5.75 Å². The predicted molar refractivity (Wildman–Crippen MR) is 98.5 cm³/mol. The molecule has 9 heteroatoms. The van der Waals surface area contributed by atoms with Gasteiger partial charge in [-0.05, 0) is 24.3 Å². The number of halogens is 1. The molecule has 0 aliphatic carbocycles. The molecule has 0 spiro atoms. The van der Waals surface area contributed by atoms with E-state index in [0.717, 1.165) is 11.8 Å². The maximum Gasteiger partial charge on any atom is 0.419 e. The van der Waals surface area contributed by atoms with Crippen molar-refractivity contribution in [1.29, 1.82) is 0 Å². The van der Waals surface area contributed by atoms with Gasteiger partial charge in [0.2, 0.25) is 11.8 Å². The number of nitrogens with one attached hydrogen (secondary N) is 2. The van der Waals surface area contributed by atoms with Gasteiger partial charge in [0.1, 0.15) is 5.82 Å². The van der Waals surface area contributed by atoms with Gasteiger partial charge < -0.3 is 4.42 Å². The number of para-hydroxylation sites is 2. The fourth-order valence-corrected chi connectivity index (χ4v) is 3.12. The topological polar surface area (TPSA) is 93.3 Å². The van der Waals surface area contributed by atoms with Crippen LogP contribution < -0.4 is 16.6 Å². The van der Waals surface area contributed by atoms with Crippen molar-refractivity contribution in [1.82, 2.24) is 15.4 Å². The summed E-state index contributed by atoms with van der Waals surface area (Å²) in [5.41, 5.74) is 5.58. The van der Waals surface area contributed by atoms with Crippen molar-refractivity contribution >= 4 is 34.7 Å². The van der Waals surface area contributed by atoms with Crippen molar-refractivity contribution in [3.8, 4) is 0 Å². The monoisotopic (exact) mass is 389 g/mol. The van der Waals surface area contributed by atoms with E-state index in [1.807, 2.05) is 0 Å². The zero-order chi connectivity index (χ0) is 19.2. The SMILES string of the molecule is O=C(CCn1c(=O)oc2ccccc21)NNC(=O)CSc1ccccc1F. The predicted octanol–water partition coefficient (Wildman–Crippen LogP) is 2.06. The summed E-state index contributed by atoms with van der Waals surface area (Å²) in [6.45, 7) is 0.113. The van der Waals surface area contributed by atoms with Crippen molar-refractivity contribution in [2.24, 2.45) is 0 Å². The van der Waals surface area contributed by atoms with Crippen molar-refractivity contribution in [2.45, 2.75) is 17.9 Å². The summed E-state index contributed by atoms with van der Waals surface area (Å²) in [7, 11) is 0. The molecule has 0 bridgehead atoms. The van der Waals surface area contributed by atoms with Gasteiger partial charge in [0.15, 0.2) is 5.58 Å². The van der Waals surface area contributed by atoms with Gasteiger partial charge in [-0.2, -0.15) is 0 Å². The summed E-state index contributed by atoms with van der Waals surface area (Å²) in [5.74, 6) is -1.93. The number of carbonyl (C=O) groups excluding carboxylic acids is 2. The molecule has 7 nitrogen and oxygen atoms in total. The molecule has 0 saturated heterocycles. The number of rotatable bonds is 6. The van der Waals surface area contributed by atoms with E-state index in [1.54, 1.807) is 42.5 Å². The van der Waals surface area contributed by atoms with E-state index < -0.39 is 23.4 Å². The van der Waals surface area contributed by atoms with E-state index in [0.29, 0.717) is 16.0 Å². The lowest BCUT2D eigenvalue weighted by Crippen LogP contribution is -2.42. The van der Waals surface area contributed by atoms with Crippen LogP contribution in [0, 0.1) is 5.82 Å². The Balaban J connectivity index is 1.45. The van der Waals surface area contributed by atoms with Crippen LogP contribution in [0.5, 0.6) is 0 Å². The highest BCUT2D eigenvalue weighted by molar-refractivity contribution is 8.00. The van der Waals surface area contributed by atoms with Gasteiger partial charge >= 0.3 is 5.76 Å². The molecule has 2 N–H and O–H groups in total. The van der Waals surface area contributed by atoms with Gasteiger partial charge in [0.05, 0.1) is 11.3 Å². The third-order valence-electron chi connectivity index (χ3n) is 3.67. The van der Waals surface area contributed by atoms with Gasteiger partial charge in [-0.1, -0.05) is 24.3 Å². The highest BCUT2D eigenvalue weighted by Gasteiger charge is 2.11. The molecule has 3 rings (SSSR count). The van der Waals surface area contributed by atoms with Crippen LogP contribution in [-0.4, -0.2) is 22.1 Å². The number of nitrogens with zero attached hydrogens (tertiary/aromatic N) is 1. The number of oxazole rings is 1. The van der Waals surface area contributed by atoms with Gasteiger partial charge in [-0.3, -0.25) is 25.0 Å². The number of amides is 2. The molecular weight excluding hydrogens is 373 g/mol. The maximum absolute atomic E-state index is 13.5. The number of aryl methyl sites for hydroxylation is 1. The first-order valence-electron chi connectivity index (χ1n) is 8.08. The Bertz CT molecular complexity index is 1030. The zero-order valence-corrected chi connectivity index (χ0v) is 14.9. The number of carbonyl (C=O) groups is 2. The minimum atomic E-state index is -0.547. The Morgan fingerprint density at radius 2 is 1.74 bits per heavy atom. The minimum Gasteiger partial charge on any atom is -0.408 e. The fourth-order valence-electron chi connectivity index (χ4n) is 2.38. The molecule has 140 valence electrons. The first-order chi connectivity index (χ1) is 13.0. The van der Waals surface area contributed by atoms with Crippen LogP contribution in [-0.2, 0) is 16.1 Å². The number of thioether (sulfide) groups is 1. The lowest BCUT2D eigenvalue weighted by Gasteiger charge is -2.08. The molecule has 2 amide bonds. The van der Waals surface area contributed by atoms with Crippen LogP contribution in [0.15, 0.2) is 62.6 Å². The lowest BCUT2D eigenvalue weighted by molar-refractivity contribution is -0.127. The summed E-state index contributed by atoms with van der Waals surface area (Å²) >= 11 is 1.03. The molecule has 0 aliphatic heterocycles. The normalized spacial score (nSPS) is 10.7. The quantitative estimate of drug-likeness (QED) is 0.497. The number of aromatic nitrogens is 1. The van der Waals surface area contributed by atoms with Crippen molar-refractivity contribution < 1.29 is 18.4 Å². The van der Waals surface area contributed by atoms with E-state index >= 15 is 0 Å². The highest BCUT2D eigenvalue weighted by atomic mass is 32.2. The molecule has 0 radical (unpaired) electrons. The second kappa shape index (κ2) is 8.54. The molecule has 0 saturated carbocycles. The lowest BCUT2D eigenvalue weighted by atomic mass is 10.3. The van der Waals surface area contributed by atoms with E-state index in [1.165, 1.54) is 10.6 Å². The summed E-state index contributed by atoms with van der Waals surface area (Å²) in [6.07, 6.45) is -0.0236. The molecule has 0 atom stereocenters. The molecule has 1 heterocycles. The van der Waals surface area contributed by atoms with Crippen molar-refractivity contribution in [3.05, 3.63) is 64.9 Å². The number of fused-ring (bicyclic) bond motifs is 1. The van der Waals surface area contributed by atoms with Crippen LogP contribution in [0.2, 0.25) is 0 Å². The molecule has 0 fully saturated rings. The van der Waals surface area contributed by atoms with Crippen LogP contribution >= 0.6 is 11.8 Å². The average Bonchev–Trinajstić information content (AvgIpc) is 2.99. The molecule has 1 aromatic heterocycles. The molecule has 2 aromatic carbocycles. The third kappa shape index (κ3) is 4.76. The van der Waals surface area contributed by atoms with Crippen LogP contribution in [0.3, 0.4) is 0 Å². The zero-order valence-electron chi connectivity index (χ0n) is 14.1. The average molecular weight is 389 g/mol. The Morgan fingerprint density at radius 1 is 1.04 bits per heavy atom. The van der Waals surface area contributed by atoms with E-state index in [9.17, 15) is 18.8 Å². The van der Waals surface area contributed by atoms with Crippen molar-refractivity contribution in [3.63, 3.8) is 0 Å². The Labute approximate surface area is 157 Å². The first-order valence-corrected chi connectivity index (χ1v) is 9.06. The summed E-state index contributed by atoms with van der Waals surface area (Å²) in [5, 5.41) is 0. The Hall–Kier alpha value is -3.07. The summed E-state index contributed by atoms with van der Waals surface area (Å²) in [6, 6.07) is 13.0. The van der Waals surface area contributed by atoms with E-state index in [-0.39, 0.29) is 18.7 Å².